The van der Waals surface area contributed by atoms with E-state index in [0.717, 1.165) is 0 Å². The molecule has 0 saturated carbocycles. The third kappa shape index (κ3) is 3.70. The van der Waals surface area contributed by atoms with Crippen molar-refractivity contribution in [2.75, 3.05) is 0 Å². The lowest BCUT2D eigenvalue weighted by molar-refractivity contribution is 0.261. The van der Waals surface area contributed by atoms with Crippen molar-refractivity contribution in [3.8, 4) is 0 Å². The summed E-state index contributed by atoms with van der Waals surface area (Å²) in [5.74, 6) is 0. The summed E-state index contributed by atoms with van der Waals surface area (Å²) in [7, 11) is -0.857. The summed E-state index contributed by atoms with van der Waals surface area (Å²) in [4.78, 5) is 0. The van der Waals surface area contributed by atoms with Crippen molar-refractivity contribution in [1.82, 2.24) is 0 Å². The lowest BCUT2D eigenvalue weighted by atomic mass is 10.0. The number of hydrogen-bond acceptors (Lipinski definition) is 1. The van der Waals surface area contributed by atoms with Crippen LogP contribution < -0.4 is 10.6 Å². The molecule has 0 unspecified atom stereocenters. The van der Waals surface area contributed by atoms with Crippen LogP contribution in [0.2, 0.25) is 0 Å². The van der Waals surface area contributed by atoms with Gasteiger partial charge in [-0.15, -0.1) is 0 Å². The van der Waals surface area contributed by atoms with Crippen molar-refractivity contribution in [3.05, 3.63) is 109 Å². The number of hydrogen-bond donors (Lipinski definition) is 0. The fraction of sp³-hybridized carbons (Fsp3) is 0.0833. The van der Waals surface area contributed by atoms with Gasteiger partial charge in [0.15, 0.2) is 0 Å². The highest BCUT2D eigenvalue weighted by Gasteiger charge is 2.19. The van der Waals surface area contributed by atoms with Gasteiger partial charge in [-0.25, -0.2) is 0 Å². The van der Waals surface area contributed by atoms with Crippen LogP contribution in [0.15, 0.2) is 103 Å². The molecule has 4 aromatic carbocycles. The van der Waals surface area contributed by atoms with Gasteiger partial charge in [0.05, 0.1) is 14.3 Å². The average molecular weight is 356 g/mol. The van der Waals surface area contributed by atoms with E-state index in [1.54, 1.807) is 0 Å². The van der Waals surface area contributed by atoms with Crippen molar-refractivity contribution in [2.24, 2.45) is 0 Å². The van der Waals surface area contributed by atoms with Gasteiger partial charge in [0, 0.05) is 10.6 Å². The van der Waals surface area contributed by atoms with Crippen molar-refractivity contribution >= 4 is 29.5 Å². The van der Waals surface area contributed by atoms with Gasteiger partial charge >= 0.3 is 0 Å². The van der Waals surface area contributed by atoms with E-state index >= 15 is 0 Å². The number of benzene rings is 4. The molecule has 1 nitrogen and oxygen atoms in total. The molecule has 0 heterocycles. The van der Waals surface area contributed by atoms with E-state index in [1.807, 2.05) is 0 Å². The molecule has 0 bridgehead atoms. The largest absolute Gasteiger partial charge is 0.342 e. The second kappa shape index (κ2) is 7.83. The quantitative estimate of drug-likeness (QED) is 0.401. The van der Waals surface area contributed by atoms with Gasteiger partial charge in [-0.1, -0.05) is 97.1 Å². The van der Waals surface area contributed by atoms with Gasteiger partial charge in [0.25, 0.3) is 0 Å². The van der Waals surface area contributed by atoms with E-state index in [9.17, 15) is 0 Å². The topological polar surface area (TPSA) is 9.23 Å². The fourth-order valence-corrected chi connectivity index (χ4v) is 4.94. The Morgan fingerprint density at radius 1 is 0.615 bits per heavy atom. The van der Waals surface area contributed by atoms with Crippen LogP contribution in [0.1, 0.15) is 18.6 Å². The zero-order chi connectivity index (χ0) is 17.8. The Hall–Kier alpha value is -2.47. The summed E-state index contributed by atoms with van der Waals surface area (Å²) in [6, 6.07) is 36.1. The highest BCUT2D eigenvalue weighted by Crippen LogP contribution is 2.41. The first-order valence-electron chi connectivity index (χ1n) is 8.87. The predicted molar refractivity (Wildman–Crippen MR) is 113 cm³/mol. The van der Waals surface area contributed by atoms with Gasteiger partial charge in [-0.2, -0.15) is 0 Å². The first-order chi connectivity index (χ1) is 12.8. The highest BCUT2D eigenvalue weighted by molar-refractivity contribution is 7.68. The standard InChI is InChI=1S/C24H21OP/c1-19(21-17-16-20-10-8-9-11-22(20)18-21)25-26(23-12-4-2-5-13-23)24-14-6-3-7-15-24/h2-19H,1H3/t19-/m0/s1. The average Bonchev–Trinajstić information content (AvgIpc) is 2.72. The van der Waals surface area contributed by atoms with E-state index in [-0.39, 0.29) is 6.10 Å². The summed E-state index contributed by atoms with van der Waals surface area (Å²) in [5, 5.41) is 4.99. The molecule has 4 rings (SSSR count). The lowest BCUT2D eigenvalue weighted by Crippen LogP contribution is -2.15. The molecule has 0 amide bonds. The minimum atomic E-state index is -0.857. The van der Waals surface area contributed by atoms with Crippen LogP contribution in [0.3, 0.4) is 0 Å². The molecular formula is C24H21OP. The van der Waals surface area contributed by atoms with Crippen LogP contribution in [0.4, 0.5) is 0 Å². The van der Waals surface area contributed by atoms with Crippen LogP contribution in [0.25, 0.3) is 10.8 Å². The molecule has 128 valence electrons. The minimum absolute atomic E-state index is 0.0196. The monoisotopic (exact) mass is 356 g/mol. The van der Waals surface area contributed by atoms with E-state index in [0.29, 0.717) is 0 Å². The Labute approximate surface area is 156 Å². The summed E-state index contributed by atoms with van der Waals surface area (Å²) >= 11 is 0. The van der Waals surface area contributed by atoms with Gasteiger partial charge in [0.1, 0.15) is 0 Å². The molecule has 0 spiro atoms. The third-order valence-corrected chi connectivity index (χ3v) is 6.55. The number of fused-ring (bicyclic) bond motifs is 1. The molecule has 1 atom stereocenters. The maximum Gasteiger partial charge on any atom is 0.0926 e. The van der Waals surface area contributed by atoms with Gasteiger partial charge in [-0.05, 0) is 29.3 Å². The first-order valence-corrected chi connectivity index (χ1v) is 10.1. The van der Waals surface area contributed by atoms with Crippen LogP contribution in [-0.4, -0.2) is 0 Å². The molecule has 0 fully saturated rings. The Balaban J connectivity index is 1.66. The van der Waals surface area contributed by atoms with Crippen molar-refractivity contribution in [1.29, 1.82) is 0 Å². The van der Waals surface area contributed by atoms with E-state index in [1.165, 1.54) is 26.9 Å². The molecular weight excluding hydrogens is 335 g/mol. The zero-order valence-electron chi connectivity index (χ0n) is 14.7. The van der Waals surface area contributed by atoms with Crippen molar-refractivity contribution in [3.63, 3.8) is 0 Å². The maximum atomic E-state index is 6.62. The lowest BCUT2D eigenvalue weighted by Gasteiger charge is -2.23. The van der Waals surface area contributed by atoms with Crippen LogP contribution in [0.5, 0.6) is 0 Å². The third-order valence-electron chi connectivity index (χ3n) is 4.49. The van der Waals surface area contributed by atoms with E-state index < -0.39 is 8.15 Å². The first kappa shape index (κ1) is 17.0. The van der Waals surface area contributed by atoms with E-state index in [2.05, 4.69) is 110 Å². The normalized spacial score (nSPS) is 12.4. The van der Waals surface area contributed by atoms with Gasteiger partial charge < -0.3 is 4.52 Å². The molecule has 0 aliphatic carbocycles. The van der Waals surface area contributed by atoms with Gasteiger partial charge in [-0.3, -0.25) is 0 Å². The highest BCUT2D eigenvalue weighted by atomic mass is 31.1. The second-order valence-corrected chi connectivity index (χ2v) is 8.15. The van der Waals surface area contributed by atoms with Crippen molar-refractivity contribution < 1.29 is 4.52 Å². The molecule has 0 aromatic heterocycles. The summed E-state index contributed by atoms with van der Waals surface area (Å²) in [6.07, 6.45) is 0.0196. The van der Waals surface area contributed by atoms with Crippen LogP contribution in [-0.2, 0) is 4.52 Å². The second-order valence-electron chi connectivity index (χ2n) is 6.32. The zero-order valence-corrected chi connectivity index (χ0v) is 15.6. The molecule has 2 heteroatoms. The molecule has 0 aliphatic heterocycles. The van der Waals surface area contributed by atoms with Crippen LogP contribution >= 0.6 is 8.15 Å². The van der Waals surface area contributed by atoms with Gasteiger partial charge in [0.2, 0.25) is 0 Å². The molecule has 26 heavy (non-hydrogen) atoms. The molecule has 0 saturated heterocycles. The minimum Gasteiger partial charge on any atom is -0.342 e. The number of rotatable bonds is 5. The smallest absolute Gasteiger partial charge is 0.0926 e. The Bertz CT molecular complexity index is 943. The van der Waals surface area contributed by atoms with E-state index in [4.69, 9.17) is 4.52 Å². The van der Waals surface area contributed by atoms with Crippen LogP contribution in [0, 0.1) is 0 Å². The van der Waals surface area contributed by atoms with Crippen molar-refractivity contribution in [2.45, 2.75) is 13.0 Å². The summed E-state index contributed by atoms with van der Waals surface area (Å²) < 4.78 is 6.62. The predicted octanol–water partition coefficient (Wildman–Crippen LogP) is 5.97. The maximum absolute atomic E-state index is 6.62. The molecule has 0 aliphatic rings. The SMILES string of the molecule is C[C@H](OP(c1ccccc1)c1ccccc1)c1ccc2ccccc2c1. The Morgan fingerprint density at radius 3 is 1.77 bits per heavy atom. The molecule has 4 aromatic rings. The Morgan fingerprint density at radius 2 is 1.15 bits per heavy atom. The summed E-state index contributed by atoms with van der Waals surface area (Å²) in [6.45, 7) is 2.14. The fourth-order valence-electron chi connectivity index (χ4n) is 3.08. The summed E-state index contributed by atoms with van der Waals surface area (Å²) in [5.41, 5.74) is 1.21. The molecule has 0 N–H and O–H groups in total. The Kier molecular flexibility index (Phi) is 5.11. The molecule has 0 radical (unpaired) electrons.